The average molecular weight is 364 g/mol. The van der Waals surface area contributed by atoms with Crippen molar-refractivity contribution in [2.75, 3.05) is 17.6 Å². The molecule has 2 aromatic carbocycles. The molecule has 1 heterocycles. The van der Waals surface area contributed by atoms with Gasteiger partial charge in [0.1, 0.15) is 6.54 Å². The molecule has 0 spiro atoms. The Morgan fingerprint density at radius 1 is 1.00 bits per heavy atom. The zero-order valence-electron chi connectivity index (χ0n) is 14.6. The maximum Gasteiger partial charge on any atom is 0.275 e. The third kappa shape index (κ3) is 4.91. The van der Waals surface area contributed by atoms with Crippen LogP contribution in [0.25, 0.3) is 0 Å². The first-order chi connectivity index (χ1) is 13.1. The van der Waals surface area contributed by atoms with Crippen LogP contribution >= 0.6 is 0 Å². The molecular weight excluding hydrogens is 344 g/mol. The summed E-state index contributed by atoms with van der Waals surface area (Å²) in [4.78, 5) is 24.3. The number of rotatable bonds is 7. The zero-order chi connectivity index (χ0) is 19.1. The summed E-state index contributed by atoms with van der Waals surface area (Å²) in [5.74, 6) is -0.678. The Balaban J connectivity index is 1.54. The number of carbonyl (C=O) groups excluding carboxylic acids is 2. The van der Waals surface area contributed by atoms with E-state index in [4.69, 9.17) is 5.73 Å². The fourth-order valence-corrected chi connectivity index (χ4v) is 2.51. The summed E-state index contributed by atoms with van der Waals surface area (Å²) >= 11 is 0. The molecule has 0 saturated carbocycles. The highest BCUT2D eigenvalue weighted by Crippen LogP contribution is 2.09. The molecule has 3 aromatic rings. The van der Waals surface area contributed by atoms with Gasteiger partial charge in [0.05, 0.1) is 0 Å². The average Bonchev–Trinajstić information content (AvgIpc) is 3.03. The summed E-state index contributed by atoms with van der Waals surface area (Å²) in [5, 5.41) is 13.1. The van der Waals surface area contributed by atoms with Gasteiger partial charge in [-0.05, 0) is 24.1 Å². The standard InChI is InChI=1S/C19H20N6O2/c20-18-17(19(27)21-12-11-14-7-3-1-4-8-14)23-24-25(18)13-16(26)22-15-9-5-2-6-10-15/h1-10H,11-13,20H2,(H,21,27)(H,22,26). The lowest BCUT2D eigenvalue weighted by Gasteiger charge is -2.06. The molecule has 0 bridgehead atoms. The number of aromatic nitrogens is 3. The van der Waals surface area contributed by atoms with Gasteiger partial charge in [-0.25, -0.2) is 4.68 Å². The number of para-hydroxylation sites is 1. The quantitative estimate of drug-likeness (QED) is 0.587. The first-order valence-electron chi connectivity index (χ1n) is 8.49. The molecule has 0 fully saturated rings. The van der Waals surface area contributed by atoms with Gasteiger partial charge in [0, 0.05) is 12.2 Å². The van der Waals surface area contributed by atoms with Gasteiger partial charge in [-0.2, -0.15) is 0 Å². The van der Waals surface area contributed by atoms with E-state index in [1.807, 2.05) is 48.5 Å². The van der Waals surface area contributed by atoms with Crippen LogP contribution in [0.2, 0.25) is 0 Å². The highest BCUT2D eigenvalue weighted by Gasteiger charge is 2.18. The number of benzene rings is 2. The van der Waals surface area contributed by atoms with Crippen molar-refractivity contribution in [3.63, 3.8) is 0 Å². The van der Waals surface area contributed by atoms with E-state index in [0.29, 0.717) is 18.7 Å². The van der Waals surface area contributed by atoms with E-state index in [1.54, 1.807) is 12.1 Å². The number of hydrogen-bond acceptors (Lipinski definition) is 5. The SMILES string of the molecule is Nc1c(C(=O)NCCc2ccccc2)nnn1CC(=O)Nc1ccccc1. The molecule has 1 aromatic heterocycles. The van der Waals surface area contributed by atoms with Crippen LogP contribution in [0.1, 0.15) is 16.1 Å². The Morgan fingerprint density at radius 3 is 2.37 bits per heavy atom. The van der Waals surface area contributed by atoms with Gasteiger partial charge in [-0.1, -0.05) is 53.7 Å². The smallest absolute Gasteiger partial charge is 0.275 e. The largest absolute Gasteiger partial charge is 0.382 e. The van der Waals surface area contributed by atoms with E-state index < -0.39 is 5.91 Å². The topological polar surface area (TPSA) is 115 Å². The predicted octanol–water partition coefficient (Wildman–Crippen LogP) is 1.47. The van der Waals surface area contributed by atoms with E-state index >= 15 is 0 Å². The summed E-state index contributed by atoms with van der Waals surface area (Å²) < 4.78 is 1.20. The lowest BCUT2D eigenvalue weighted by molar-refractivity contribution is -0.116. The van der Waals surface area contributed by atoms with Crippen LogP contribution in [-0.2, 0) is 17.8 Å². The van der Waals surface area contributed by atoms with Gasteiger partial charge < -0.3 is 16.4 Å². The molecule has 0 saturated heterocycles. The Bertz CT molecular complexity index is 908. The van der Waals surface area contributed by atoms with E-state index in [-0.39, 0.29) is 24.0 Å². The molecule has 0 aliphatic rings. The van der Waals surface area contributed by atoms with Crippen molar-refractivity contribution in [2.24, 2.45) is 0 Å². The predicted molar refractivity (Wildman–Crippen MR) is 102 cm³/mol. The van der Waals surface area contributed by atoms with Gasteiger partial charge in [0.2, 0.25) is 5.91 Å². The van der Waals surface area contributed by atoms with Gasteiger partial charge in [-0.3, -0.25) is 9.59 Å². The van der Waals surface area contributed by atoms with Gasteiger partial charge in [0.15, 0.2) is 11.5 Å². The minimum atomic E-state index is -0.418. The van der Waals surface area contributed by atoms with Crippen molar-refractivity contribution in [1.82, 2.24) is 20.3 Å². The Kier molecular flexibility index (Phi) is 5.78. The van der Waals surface area contributed by atoms with Crippen molar-refractivity contribution in [1.29, 1.82) is 0 Å². The third-order valence-electron chi connectivity index (χ3n) is 3.88. The first-order valence-corrected chi connectivity index (χ1v) is 8.49. The van der Waals surface area contributed by atoms with Crippen molar-refractivity contribution in [3.8, 4) is 0 Å². The summed E-state index contributed by atoms with van der Waals surface area (Å²) in [7, 11) is 0. The van der Waals surface area contributed by atoms with Crippen LogP contribution in [0, 0.1) is 0 Å². The van der Waals surface area contributed by atoms with Crippen molar-refractivity contribution in [3.05, 3.63) is 71.9 Å². The fraction of sp³-hybridized carbons (Fsp3) is 0.158. The molecule has 8 heteroatoms. The molecule has 0 aliphatic carbocycles. The molecule has 27 heavy (non-hydrogen) atoms. The van der Waals surface area contributed by atoms with Crippen molar-refractivity contribution in [2.45, 2.75) is 13.0 Å². The fourth-order valence-electron chi connectivity index (χ4n) is 2.51. The molecule has 4 N–H and O–H groups in total. The Labute approximate surface area is 156 Å². The van der Waals surface area contributed by atoms with Crippen LogP contribution < -0.4 is 16.4 Å². The molecular formula is C19H20N6O2. The number of nitrogens with two attached hydrogens (primary N) is 1. The maximum absolute atomic E-state index is 12.2. The van der Waals surface area contributed by atoms with E-state index in [0.717, 1.165) is 5.56 Å². The molecule has 0 radical (unpaired) electrons. The second-order valence-electron chi connectivity index (χ2n) is 5.89. The zero-order valence-corrected chi connectivity index (χ0v) is 14.6. The normalized spacial score (nSPS) is 10.4. The van der Waals surface area contributed by atoms with E-state index in [2.05, 4.69) is 20.9 Å². The number of anilines is 2. The molecule has 8 nitrogen and oxygen atoms in total. The monoisotopic (exact) mass is 364 g/mol. The highest BCUT2D eigenvalue weighted by molar-refractivity contribution is 5.96. The molecule has 2 amide bonds. The molecule has 3 rings (SSSR count). The minimum absolute atomic E-state index is 0.00979. The second-order valence-corrected chi connectivity index (χ2v) is 5.89. The second kappa shape index (κ2) is 8.61. The first kappa shape index (κ1) is 18.1. The molecule has 138 valence electrons. The molecule has 0 atom stereocenters. The van der Waals surface area contributed by atoms with Crippen LogP contribution in [0.5, 0.6) is 0 Å². The number of nitrogen functional groups attached to an aromatic ring is 1. The van der Waals surface area contributed by atoms with Gasteiger partial charge in [0.25, 0.3) is 5.91 Å². The van der Waals surface area contributed by atoms with Crippen molar-refractivity contribution >= 4 is 23.3 Å². The van der Waals surface area contributed by atoms with Crippen LogP contribution in [0.3, 0.4) is 0 Å². The van der Waals surface area contributed by atoms with Crippen LogP contribution in [0.4, 0.5) is 11.5 Å². The number of nitrogens with one attached hydrogen (secondary N) is 2. The van der Waals surface area contributed by atoms with E-state index in [9.17, 15) is 9.59 Å². The highest BCUT2D eigenvalue weighted by atomic mass is 16.2. The Hall–Kier alpha value is -3.68. The number of nitrogens with zero attached hydrogens (tertiary/aromatic N) is 3. The lowest BCUT2D eigenvalue weighted by atomic mass is 10.1. The number of amides is 2. The lowest BCUT2D eigenvalue weighted by Crippen LogP contribution is -2.27. The number of carbonyl (C=O) groups is 2. The summed E-state index contributed by atoms with van der Waals surface area (Å²) in [5.41, 5.74) is 7.72. The van der Waals surface area contributed by atoms with Crippen molar-refractivity contribution < 1.29 is 9.59 Å². The van der Waals surface area contributed by atoms with Crippen LogP contribution in [0.15, 0.2) is 60.7 Å². The van der Waals surface area contributed by atoms with Gasteiger partial charge >= 0.3 is 0 Å². The minimum Gasteiger partial charge on any atom is -0.382 e. The van der Waals surface area contributed by atoms with Crippen LogP contribution in [-0.4, -0.2) is 33.4 Å². The summed E-state index contributed by atoms with van der Waals surface area (Å²) in [6.45, 7) is 0.314. The number of hydrogen-bond donors (Lipinski definition) is 3. The van der Waals surface area contributed by atoms with E-state index in [1.165, 1.54) is 4.68 Å². The summed E-state index contributed by atoms with van der Waals surface area (Å²) in [6, 6.07) is 18.8. The summed E-state index contributed by atoms with van der Waals surface area (Å²) in [6.07, 6.45) is 0.695. The Morgan fingerprint density at radius 2 is 1.67 bits per heavy atom. The van der Waals surface area contributed by atoms with Gasteiger partial charge in [-0.15, -0.1) is 5.10 Å². The third-order valence-corrected chi connectivity index (χ3v) is 3.88. The molecule has 0 unspecified atom stereocenters. The molecule has 0 aliphatic heterocycles. The maximum atomic E-state index is 12.2.